The van der Waals surface area contributed by atoms with Crippen LogP contribution >= 0.6 is 11.3 Å². The molecule has 0 aromatic carbocycles. The lowest BCUT2D eigenvalue weighted by Crippen LogP contribution is -2.59. The highest BCUT2D eigenvalue weighted by Gasteiger charge is 2.50. The van der Waals surface area contributed by atoms with Crippen molar-refractivity contribution in [1.29, 1.82) is 0 Å². The van der Waals surface area contributed by atoms with Crippen LogP contribution in [0.1, 0.15) is 44.9 Å². The zero-order valence-electron chi connectivity index (χ0n) is 11.9. The Balaban J connectivity index is 2.24. The van der Waals surface area contributed by atoms with Gasteiger partial charge in [0, 0.05) is 23.5 Å². The van der Waals surface area contributed by atoms with E-state index in [1.807, 2.05) is 11.3 Å². The molecule has 0 amide bonds. The molecule has 0 radical (unpaired) electrons. The predicted molar refractivity (Wildman–Crippen MR) is 79.8 cm³/mol. The van der Waals surface area contributed by atoms with Crippen LogP contribution in [0, 0.1) is 5.41 Å². The van der Waals surface area contributed by atoms with Gasteiger partial charge >= 0.3 is 0 Å². The number of thiophene rings is 1. The van der Waals surface area contributed by atoms with Crippen molar-refractivity contribution in [3.8, 4) is 0 Å². The first-order chi connectivity index (χ1) is 8.55. The van der Waals surface area contributed by atoms with E-state index in [-0.39, 0.29) is 5.54 Å². The van der Waals surface area contributed by atoms with Gasteiger partial charge in [0.25, 0.3) is 0 Å². The highest BCUT2D eigenvalue weighted by Crippen LogP contribution is 2.49. The molecule has 18 heavy (non-hydrogen) atoms. The van der Waals surface area contributed by atoms with Gasteiger partial charge in [-0.25, -0.2) is 0 Å². The van der Waals surface area contributed by atoms with E-state index in [0.717, 1.165) is 19.6 Å². The number of hydrogen-bond donors (Lipinski definition) is 1. The zero-order chi connectivity index (χ0) is 13.2. The molecule has 3 heteroatoms. The Labute approximate surface area is 115 Å². The van der Waals surface area contributed by atoms with Crippen LogP contribution in [0.15, 0.2) is 17.5 Å². The molecule has 1 heterocycles. The quantitative estimate of drug-likeness (QED) is 0.884. The second-order valence-electron chi connectivity index (χ2n) is 6.07. The molecule has 102 valence electrons. The number of nitrogens with zero attached hydrogens (tertiary/aromatic N) is 1. The summed E-state index contributed by atoms with van der Waals surface area (Å²) in [7, 11) is 0. The van der Waals surface area contributed by atoms with Gasteiger partial charge < -0.3 is 5.73 Å². The molecule has 2 rings (SSSR count). The summed E-state index contributed by atoms with van der Waals surface area (Å²) in [6.45, 7) is 9.96. The van der Waals surface area contributed by atoms with Crippen molar-refractivity contribution >= 4 is 11.3 Å². The summed E-state index contributed by atoms with van der Waals surface area (Å²) in [6.07, 6.45) is 3.85. The molecule has 0 saturated heterocycles. The summed E-state index contributed by atoms with van der Waals surface area (Å²) in [5.41, 5.74) is 6.73. The second kappa shape index (κ2) is 5.32. The van der Waals surface area contributed by atoms with E-state index in [4.69, 9.17) is 5.73 Å². The molecule has 1 aromatic heterocycles. The first-order valence-electron chi connectivity index (χ1n) is 7.03. The highest BCUT2D eigenvalue weighted by atomic mass is 32.1. The van der Waals surface area contributed by atoms with E-state index in [0.29, 0.717) is 5.41 Å². The Kier molecular flexibility index (Phi) is 4.15. The minimum absolute atomic E-state index is 0.186. The summed E-state index contributed by atoms with van der Waals surface area (Å²) in [5.74, 6) is 0. The van der Waals surface area contributed by atoms with E-state index >= 15 is 0 Å². The van der Waals surface area contributed by atoms with Crippen molar-refractivity contribution < 1.29 is 0 Å². The summed E-state index contributed by atoms with van der Waals surface area (Å²) >= 11 is 1.85. The molecular weight excluding hydrogens is 240 g/mol. The molecule has 1 fully saturated rings. The first-order valence-corrected chi connectivity index (χ1v) is 7.91. The first kappa shape index (κ1) is 14.0. The van der Waals surface area contributed by atoms with E-state index < -0.39 is 0 Å². The SMILES string of the molecule is CCN(Cc1cccs1)C1(CN)CCCC1(C)C. The van der Waals surface area contributed by atoms with Gasteiger partial charge in [0.15, 0.2) is 0 Å². The molecule has 2 nitrogen and oxygen atoms in total. The van der Waals surface area contributed by atoms with Crippen molar-refractivity contribution in [1.82, 2.24) is 4.90 Å². The van der Waals surface area contributed by atoms with Crippen molar-refractivity contribution in [2.75, 3.05) is 13.1 Å². The average molecular weight is 266 g/mol. The standard InChI is InChI=1S/C15H26N2S/c1-4-17(11-13-7-5-10-18-13)15(12-16)9-6-8-14(15,2)3/h5,7,10H,4,6,8-9,11-12,16H2,1-3H3. The van der Waals surface area contributed by atoms with Crippen LogP contribution in [0.5, 0.6) is 0 Å². The number of rotatable bonds is 5. The van der Waals surface area contributed by atoms with Crippen molar-refractivity contribution in [3.05, 3.63) is 22.4 Å². The molecule has 1 aliphatic rings. The fraction of sp³-hybridized carbons (Fsp3) is 0.733. The van der Waals surface area contributed by atoms with Gasteiger partial charge in [0.1, 0.15) is 0 Å². The third-order valence-electron chi connectivity index (χ3n) is 4.90. The number of likely N-dealkylation sites (N-methyl/N-ethyl adjacent to an activating group) is 1. The van der Waals surface area contributed by atoms with Gasteiger partial charge in [-0.15, -0.1) is 11.3 Å². The second-order valence-corrected chi connectivity index (χ2v) is 7.10. The van der Waals surface area contributed by atoms with Crippen LogP contribution < -0.4 is 5.73 Å². The maximum Gasteiger partial charge on any atom is 0.0386 e. The van der Waals surface area contributed by atoms with Crippen LogP contribution in [0.3, 0.4) is 0 Å². The van der Waals surface area contributed by atoms with Gasteiger partial charge in [-0.3, -0.25) is 4.90 Å². The molecule has 2 N–H and O–H groups in total. The Morgan fingerprint density at radius 1 is 1.39 bits per heavy atom. The predicted octanol–water partition coefficient (Wildman–Crippen LogP) is 3.48. The van der Waals surface area contributed by atoms with Crippen molar-refractivity contribution in [3.63, 3.8) is 0 Å². The van der Waals surface area contributed by atoms with Gasteiger partial charge in [-0.05, 0) is 36.2 Å². The number of hydrogen-bond acceptors (Lipinski definition) is 3. The molecule has 0 spiro atoms. The van der Waals surface area contributed by atoms with Crippen LogP contribution in [-0.2, 0) is 6.54 Å². The minimum Gasteiger partial charge on any atom is -0.329 e. The largest absolute Gasteiger partial charge is 0.329 e. The normalized spacial score (nSPS) is 26.9. The average Bonchev–Trinajstić information content (AvgIpc) is 2.94. The number of nitrogens with two attached hydrogens (primary N) is 1. The fourth-order valence-corrected chi connectivity index (χ4v) is 4.36. The Morgan fingerprint density at radius 2 is 2.17 bits per heavy atom. The molecular formula is C15H26N2S. The van der Waals surface area contributed by atoms with E-state index in [1.54, 1.807) is 0 Å². The van der Waals surface area contributed by atoms with E-state index in [9.17, 15) is 0 Å². The summed E-state index contributed by atoms with van der Waals surface area (Å²) in [5, 5.41) is 2.16. The van der Waals surface area contributed by atoms with Crippen LogP contribution in [0.25, 0.3) is 0 Å². The lowest BCUT2D eigenvalue weighted by atomic mass is 9.73. The van der Waals surface area contributed by atoms with Gasteiger partial charge in [-0.2, -0.15) is 0 Å². The van der Waals surface area contributed by atoms with Crippen molar-refractivity contribution in [2.45, 2.75) is 52.1 Å². The monoisotopic (exact) mass is 266 g/mol. The molecule has 1 unspecified atom stereocenters. The molecule has 1 aliphatic carbocycles. The molecule has 1 aromatic rings. The van der Waals surface area contributed by atoms with Gasteiger partial charge in [0.05, 0.1) is 0 Å². The Hall–Kier alpha value is -0.380. The van der Waals surface area contributed by atoms with Gasteiger partial charge in [-0.1, -0.05) is 33.3 Å². The summed E-state index contributed by atoms with van der Waals surface area (Å²) < 4.78 is 0. The summed E-state index contributed by atoms with van der Waals surface area (Å²) in [6, 6.07) is 4.38. The molecule has 0 bridgehead atoms. The Morgan fingerprint density at radius 3 is 2.61 bits per heavy atom. The van der Waals surface area contributed by atoms with Crippen LogP contribution in [-0.4, -0.2) is 23.5 Å². The molecule has 0 aliphatic heterocycles. The maximum atomic E-state index is 6.21. The van der Waals surface area contributed by atoms with E-state index in [1.165, 1.54) is 24.1 Å². The third kappa shape index (κ3) is 2.24. The van der Waals surface area contributed by atoms with Crippen LogP contribution in [0.4, 0.5) is 0 Å². The Bertz CT molecular complexity index is 372. The van der Waals surface area contributed by atoms with E-state index in [2.05, 4.69) is 43.2 Å². The molecule has 1 saturated carbocycles. The zero-order valence-corrected chi connectivity index (χ0v) is 12.7. The van der Waals surface area contributed by atoms with Gasteiger partial charge in [0.2, 0.25) is 0 Å². The minimum atomic E-state index is 0.186. The third-order valence-corrected chi connectivity index (χ3v) is 5.76. The highest BCUT2D eigenvalue weighted by molar-refractivity contribution is 7.09. The smallest absolute Gasteiger partial charge is 0.0386 e. The molecule has 1 atom stereocenters. The lowest BCUT2D eigenvalue weighted by Gasteiger charge is -2.49. The topological polar surface area (TPSA) is 29.3 Å². The maximum absolute atomic E-state index is 6.21. The summed E-state index contributed by atoms with van der Waals surface area (Å²) in [4.78, 5) is 4.07. The van der Waals surface area contributed by atoms with Crippen molar-refractivity contribution in [2.24, 2.45) is 11.1 Å². The van der Waals surface area contributed by atoms with Crippen LogP contribution in [0.2, 0.25) is 0 Å². The lowest BCUT2D eigenvalue weighted by molar-refractivity contribution is 0.0108. The fourth-order valence-electron chi connectivity index (χ4n) is 3.64.